The van der Waals surface area contributed by atoms with Crippen molar-refractivity contribution in [3.63, 3.8) is 0 Å². The number of alkyl halides is 3. The molecule has 7 heteroatoms. The molecule has 2 amide bonds. The molecule has 4 nitrogen and oxygen atoms in total. The average molecular weight is 364 g/mol. The summed E-state index contributed by atoms with van der Waals surface area (Å²) in [5.74, 6) is -0.734. The van der Waals surface area contributed by atoms with Crippen LogP contribution in [0.3, 0.4) is 0 Å². The second-order valence-corrected chi connectivity index (χ2v) is 6.09. The smallest absolute Gasteiger partial charge is 0.343 e. The summed E-state index contributed by atoms with van der Waals surface area (Å²) < 4.78 is 37.5. The number of hydrogen-bond donors (Lipinski definition) is 2. The third kappa shape index (κ3) is 5.34. The van der Waals surface area contributed by atoms with Crippen molar-refractivity contribution >= 4 is 17.5 Å². The molecule has 0 heterocycles. The fourth-order valence-electron chi connectivity index (χ4n) is 2.25. The quantitative estimate of drug-likeness (QED) is 0.836. The van der Waals surface area contributed by atoms with E-state index in [2.05, 4.69) is 10.6 Å². The van der Waals surface area contributed by atoms with E-state index in [0.717, 1.165) is 29.8 Å². The van der Waals surface area contributed by atoms with Crippen LogP contribution < -0.4 is 10.6 Å². The Morgan fingerprint density at radius 3 is 2.27 bits per heavy atom. The van der Waals surface area contributed by atoms with E-state index in [4.69, 9.17) is 0 Å². The normalized spacial score (nSPS) is 11.3. The fraction of sp³-hybridized carbons (Fsp3) is 0.263. The summed E-state index contributed by atoms with van der Waals surface area (Å²) in [6.07, 6.45) is -4.46. The Bertz CT molecular complexity index is 784. The zero-order valence-electron chi connectivity index (χ0n) is 14.4. The summed E-state index contributed by atoms with van der Waals surface area (Å²) in [7, 11) is 0. The molecule has 0 unspecified atom stereocenters. The van der Waals surface area contributed by atoms with Gasteiger partial charge in [-0.3, -0.25) is 9.59 Å². The number of rotatable bonds is 5. The monoisotopic (exact) mass is 364 g/mol. The lowest BCUT2D eigenvalue weighted by atomic mass is 10.0. The summed E-state index contributed by atoms with van der Waals surface area (Å²) in [4.78, 5) is 23.9. The molecule has 2 N–H and O–H groups in total. The van der Waals surface area contributed by atoms with Crippen LogP contribution in [-0.4, -0.2) is 18.4 Å². The molecule has 0 aliphatic rings. The van der Waals surface area contributed by atoms with Gasteiger partial charge in [-0.1, -0.05) is 26.0 Å². The van der Waals surface area contributed by atoms with Gasteiger partial charge in [-0.25, -0.2) is 0 Å². The lowest BCUT2D eigenvalue weighted by Crippen LogP contribution is -2.32. The van der Waals surface area contributed by atoms with Gasteiger partial charge in [0.1, 0.15) is 0 Å². The maximum absolute atomic E-state index is 12.5. The zero-order valence-corrected chi connectivity index (χ0v) is 14.4. The lowest BCUT2D eigenvalue weighted by molar-refractivity contribution is -0.137. The molecule has 0 atom stereocenters. The second kappa shape index (κ2) is 8.03. The maximum atomic E-state index is 12.5. The highest BCUT2D eigenvalue weighted by molar-refractivity contribution is 5.99. The van der Waals surface area contributed by atoms with Gasteiger partial charge in [-0.2, -0.15) is 13.2 Å². The molecule has 2 aromatic rings. The van der Waals surface area contributed by atoms with Gasteiger partial charge in [0.15, 0.2) is 0 Å². The van der Waals surface area contributed by atoms with Crippen LogP contribution in [0.15, 0.2) is 48.5 Å². The van der Waals surface area contributed by atoms with Crippen LogP contribution in [0.4, 0.5) is 18.9 Å². The molecular weight excluding hydrogens is 345 g/mol. The van der Waals surface area contributed by atoms with Crippen LogP contribution >= 0.6 is 0 Å². The van der Waals surface area contributed by atoms with Crippen LogP contribution in [0.2, 0.25) is 0 Å². The molecule has 26 heavy (non-hydrogen) atoms. The van der Waals surface area contributed by atoms with Crippen molar-refractivity contribution in [2.24, 2.45) is 0 Å². The van der Waals surface area contributed by atoms with Crippen molar-refractivity contribution in [1.29, 1.82) is 0 Å². The summed E-state index contributed by atoms with van der Waals surface area (Å²) >= 11 is 0. The van der Waals surface area contributed by atoms with Crippen molar-refractivity contribution in [3.05, 3.63) is 65.2 Å². The number of anilines is 1. The third-order valence-electron chi connectivity index (χ3n) is 3.72. The van der Waals surface area contributed by atoms with Crippen LogP contribution in [0.5, 0.6) is 0 Å². The van der Waals surface area contributed by atoms with Crippen molar-refractivity contribution in [1.82, 2.24) is 5.32 Å². The third-order valence-corrected chi connectivity index (χ3v) is 3.72. The lowest BCUT2D eigenvalue weighted by Gasteiger charge is -2.10. The Balaban J connectivity index is 1.90. The Labute approximate surface area is 149 Å². The van der Waals surface area contributed by atoms with E-state index in [1.807, 2.05) is 32.0 Å². The van der Waals surface area contributed by atoms with Crippen molar-refractivity contribution in [3.8, 4) is 0 Å². The van der Waals surface area contributed by atoms with E-state index in [1.165, 1.54) is 0 Å². The predicted molar refractivity (Wildman–Crippen MR) is 92.9 cm³/mol. The largest absolute Gasteiger partial charge is 0.416 e. The number of carbonyl (C=O) groups excluding carboxylic acids is 2. The van der Waals surface area contributed by atoms with Crippen molar-refractivity contribution < 1.29 is 22.8 Å². The molecule has 0 bridgehead atoms. The van der Waals surface area contributed by atoms with Crippen LogP contribution in [0.1, 0.15) is 41.3 Å². The predicted octanol–water partition coefficient (Wildman–Crippen LogP) is 4.20. The van der Waals surface area contributed by atoms with Crippen molar-refractivity contribution in [2.45, 2.75) is 25.9 Å². The highest BCUT2D eigenvalue weighted by atomic mass is 19.4. The Morgan fingerprint density at radius 1 is 1.04 bits per heavy atom. The molecule has 0 spiro atoms. The summed E-state index contributed by atoms with van der Waals surface area (Å²) in [5, 5.41) is 5.05. The number of amides is 2. The van der Waals surface area contributed by atoms with Gasteiger partial charge in [-0.05, 0) is 47.9 Å². The van der Waals surface area contributed by atoms with E-state index < -0.39 is 23.6 Å². The zero-order chi connectivity index (χ0) is 19.3. The topological polar surface area (TPSA) is 58.2 Å². The van der Waals surface area contributed by atoms with Crippen molar-refractivity contribution in [2.75, 3.05) is 11.9 Å². The Hall–Kier alpha value is -2.83. The number of halogens is 3. The molecule has 2 aromatic carbocycles. The molecule has 0 radical (unpaired) electrons. The van der Waals surface area contributed by atoms with E-state index >= 15 is 0 Å². The van der Waals surface area contributed by atoms with Gasteiger partial charge in [0.2, 0.25) is 5.91 Å². The highest BCUT2D eigenvalue weighted by Gasteiger charge is 2.30. The minimum Gasteiger partial charge on any atom is -0.343 e. The second-order valence-electron chi connectivity index (χ2n) is 6.09. The van der Waals surface area contributed by atoms with Gasteiger partial charge in [0.05, 0.1) is 12.1 Å². The molecular formula is C19H19F3N2O2. The van der Waals surface area contributed by atoms with Gasteiger partial charge in [0.25, 0.3) is 5.91 Å². The number of nitrogens with one attached hydrogen (secondary N) is 2. The number of hydrogen-bond acceptors (Lipinski definition) is 2. The molecule has 0 saturated carbocycles. The first-order valence-corrected chi connectivity index (χ1v) is 8.02. The summed E-state index contributed by atoms with van der Waals surface area (Å²) in [6.45, 7) is 3.78. The van der Waals surface area contributed by atoms with Gasteiger partial charge in [0, 0.05) is 11.3 Å². The first kappa shape index (κ1) is 19.5. The molecule has 0 fully saturated rings. The van der Waals surface area contributed by atoms with Gasteiger partial charge in [-0.15, -0.1) is 0 Å². The minimum absolute atomic E-state index is 0.0487. The number of benzene rings is 2. The summed E-state index contributed by atoms with van der Waals surface area (Å²) in [6, 6.07) is 11.2. The van der Waals surface area contributed by atoms with Crippen LogP contribution in [0.25, 0.3) is 0 Å². The van der Waals surface area contributed by atoms with Crippen LogP contribution in [0, 0.1) is 0 Å². The van der Waals surface area contributed by atoms with Gasteiger partial charge >= 0.3 is 6.18 Å². The molecule has 138 valence electrons. The van der Waals surface area contributed by atoms with E-state index in [-0.39, 0.29) is 12.1 Å². The first-order valence-electron chi connectivity index (χ1n) is 8.02. The molecule has 2 rings (SSSR count). The van der Waals surface area contributed by atoms with Gasteiger partial charge < -0.3 is 10.6 Å². The SMILES string of the molecule is CC(C)c1cccc(NC(=O)CNC(=O)c2ccc(C(F)(F)F)cc2)c1. The molecule has 0 saturated heterocycles. The van der Waals surface area contributed by atoms with E-state index in [0.29, 0.717) is 11.6 Å². The first-order chi connectivity index (χ1) is 12.2. The molecule has 0 aromatic heterocycles. The number of carbonyl (C=O) groups is 2. The Kier molecular flexibility index (Phi) is 6.02. The highest BCUT2D eigenvalue weighted by Crippen LogP contribution is 2.29. The average Bonchev–Trinajstić information content (AvgIpc) is 2.59. The molecule has 0 aliphatic carbocycles. The minimum atomic E-state index is -4.46. The Morgan fingerprint density at radius 2 is 1.69 bits per heavy atom. The standard InChI is InChI=1S/C19H19F3N2O2/c1-12(2)14-4-3-5-16(10-14)24-17(25)11-23-18(26)13-6-8-15(9-7-13)19(20,21)22/h3-10,12H,11H2,1-2H3,(H,23,26)(H,24,25). The maximum Gasteiger partial charge on any atom is 0.416 e. The molecule has 0 aliphatic heterocycles. The fourth-order valence-corrected chi connectivity index (χ4v) is 2.25. The van der Waals surface area contributed by atoms with E-state index in [1.54, 1.807) is 6.07 Å². The summed E-state index contributed by atoms with van der Waals surface area (Å²) in [5.41, 5.74) is 0.894. The van der Waals surface area contributed by atoms with E-state index in [9.17, 15) is 22.8 Å². The van der Waals surface area contributed by atoms with Crippen LogP contribution in [-0.2, 0) is 11.0 Å².